The Morgan fingerprint density at radius 2 is 2.08 bits per heavy atom. The third kappa shape index (κ3) is 5.80. The summed E-state index contributed by atoms with van der Waals surface area (Å²) < 4.78 is 5.08. The number of hydrogen-bond donors (Lipinski definition) is 1. The number of hydrogen-bond acceptors (Lipinski definition) is 3. The van der Waals surface area contributed by atoms with Crippen LogP contribution < -0.4 is 10.2 Å². The number of carbonyl (C=O) groups is 2. The minimum absolute atomic E-state index is 0.0560. The number of nitrogens with zero attached hydrogens (tertiary/aromatic N) is 1. The van der Waals surface area contributed by atoms with Crippen LogP contribution in [0, 0.1) is 18.3 Å². The maximum atomic E-state index is 12.5. The second-order valence-corrected chi connectivity index (χ2v) is 6.64. The van der Waals surface area contributed by atoms with Crippen molar-refractivity contribution in [1.29, 1.82) is 0 Å². The average molecular weight is 356 g/mol. The van der Waals surface area contributed by atoms with Gasteiger partial charge in [0.2, 0.25) is 5.91 Å². The lowest BCUT2D eigenvalue weighted by molar-refractivity contribution is -0.120. The van der Waals surface area contributed by atoms with Gasteiger partial charge in [0.25, 0.3) is 0 Å². The molecule has 0 aliphatic heterocycles. The number of nitrogens with one attached hydrogen (secondary N) is 1. The molecule has 2 amide bonds. The molecule has 2 rings (SSSR count). The van der Waals surface area contributed by atoms with E-state index in [-0.39, 0.29) is 18.4 Å². The molecule has 0 unspecified atom stereocenters. The van der Waals surface area contributed by atoms with Crippen molar-refractivity contribution >= 4 is 23.4 Å². The molecule has 140 valence electrons. The zero-order valence-corrected chi connectivity index (χ0v) is 15.5. The van der Waals surface area contributed by atoms with Crippen molar-refractivity contribution in [3.05, 3.63) is 24.3 Å². The first kappa shape index (κ1) is 19.8. The van der Waals surface area contributed by atoms with Gasteiger partial charge in [-0.3, -0.25) is 9.69 Å². The molecule has 1 aliphatic carbocycles. The van der Waals surface area contributed by atoms with Crippen molar-refractivity contribution < 1.29 is 14.3 Å². The van der Waals surface area contributed by atoms with E-state index in [1.165, 1.54) is 6.42 Å². The summed E-state index contributed by atoms with van der Waals surface area (Å²) in [5.74, 6) is 2.46. The first-order valence-electron chi connectivity index (χ1n) is 9.44. The summed E-state index contributed by atoms with van der Waals surface area (Å²) in [6.07, 6.45) is 11.9. The molecule has 26 heavy (non-hydrogen) atoms. The lowest BCUT2D eigenvalue weighted by atomic mass is 9.88. The molecular formula is C21H28N2O3. The Bertz CT molecular complexity index is 645. The highest BCUT2D eigenvalue weighted by atomic mass is 16.6. The molecule has 0 atom stereocenters. The first-order valence-corrected chi connectivity index (χ1v) is 9.44. The van der Waals surface area contributed by atoms with Gasteiger partial charge >= 0.3 is 6.09 Å². The normalized spacial score (nSPS) is 14.3. The second kappa shape index (κ2) is 10.5. The smallest absolute Gasteiger partial charge is 0.415 e. The molecule has 0 saturated heterocycles. The Hall–Kier alpha value is -2.48. The first-order chi connectivity index (χ1) is 12.7. The third-order valence-corrected chi connectivity index (χ3v) is 4.64. The lowest BCUT2D eigenvalue weighted by Crippen LogP contribution is -2.32. The Morgan fingerprint density at radius 3 is 2.77 bits per heavy atom. The fourth-order valence-electron chi connectivity index (χ4n) is 3.18. The maximum absolute atomic E-state index is 12.5. The van der Waals surface area contributed by atoms with Crippen LogP contribution >= 0.6 is 0 Å². The van der Waals surface area contributed by atoms with Gasteiger partial charge in [-0.25, -0.2) is 4.79 Å². The van der Waals surface area contributed by atoms with Gasteiger partial charge in [0, 0.05) is 23.8 Å². The summed E-state index contributed by atoms with van der Waals surface area (Å²) in [6.45, 7) is 2.55. The van der Waals surface area contributed by atoms with Crippen LogP contribution in [0.4, 0.5) is 16.2 Å². The Labute approximate surface area is 156 Å². The number of benzene rings is 1. The van der Waals surface area contributed by atoms with E-state index in [0.29, 0.717) is 17.9 Å². The molecule has 0 radical (unpaired) electrons. The Balaban J connectivity index is 2.09. The van der Waals surface area contributed by atoms with Crippen LogP contribution in [0.1, 0.15) is 51.9 Å². The number of unbranched alkanes of at least 4 members (excludes halogenated alkanes) is 1. The minimum Gasteiger partial charge on any atom is -0.436 e. The van der Waals surface area contributed by atoms with Crippen molar-refractivity contribution in [2.45, 2.75) is 51.9 Å². The quantitative estimate of drug-likeness (QED) is 0.727. The van der Waals surface area contributed by atoms with Crippen LogP contribution in [0.15, 0.2) is 24.3 Å². The summed E-state index contributed by atoms with van der Waals surface area (Å²) in [6, 6.07) is 7.32. The topological polar surface area (TPSA) is 58.6 Å². The van der Waals surface area contributed by atoms with E-state index in [1.54, 1.807) is 4.90 Å². The summed E-state index contributed by atoms with van der Waals surface area (Å²) >= 11 is 0. The standard InChI is InChI=1S/C21H28N2O3/c1-3-5-14-23(21(25)26-15-4-2)19-13-9-12-18(16-19)22-20(24)17-10-7-6-8-11-17/h2,9,12-13,16-17H,3,5-8,10-11,14-15H2,1H3,(H,22,24). The molecule has 5 heteroatoms. The molecule has 1 aliphatic rings. The molecule has 1 aromatic carbocycles. The fourth-order valence-corrected chi connectivity index (χ4v) is 3.18. The van der Waals surface area contributed by atoms with E-state index in [4.69, 9.17) is 11.2 Å². The van der Waals surface area contributed by atoms with Crippen LogP contribution in [-0.4, -0.2) is 25.2 Å². The van der Waals surface area contributed by atoms with Crippen LogP contribution in [0.3, 0.4) is 0 Å². The molecule has 0 aromatic heterocycles. The van der Waals surface area contributed by atoms with Gasteiger partial charge < -0.3 is 10.1 Å². The fraction of sp³-hybridized carbons (Fsp3) is 0.524. The Morgan fingerprint density at radius 1 is 1.31 bits per heavy atom. The van der Waals surface area contributed by atoms with E-state index in [1.807, 2.05) is 24.3 Å². The molecule has 0 heterocycles. The summed E-state index contributed by atoms with van der Waals surface area (Å²) in [5.41, 5.74) is 1.39. The number of carbonyl (C=O) groups excluding carboxylic acids is 2. The molecule has 5 nitrogen and oxygen atoms in total. The van der Waals surface area contributed by atoms with Gasteiger partial charge in [0.1, 0.15) is 0 Å². The highest BCUT2D eigenvalue weighted by Gasteiger charge is 2.22. The number of anilines is 2. The number of rotatable bonds is 7. The molecule has 1 aromatic rings. The lowest BCUT2D eigenvalue weighted by Gasteiger charge is -2.23. The van der Waals surface area contributed by atoms with E-state index in [0.717, 1.165) is 38.5 Å². The summed E-state index contributed by atoms with van der Waals surface area (Å²) in [5, 5.41) is 3.00. The molecular weight excluding hydrogens is 328 g/mol. The van der Waals surface area contributed by atoms with E-state index >= 15 is 0 Å². The van der Waals surface area contributed by atoms with Gasteiger partial charge in [-0.2, -0.15) is 0 Å². The van der Waals surface area contributed by atoms with Crippen LogP contribution in [-0.2, 0) is 9.53 Å². The van der Waals surface area contributed by atoms with Crippen LogP contribution in [0.2, 0.25) is 0 Å². The number of terminal acetylenes is 1. The second-order valence-electron chi connectivity index (χ2n) is 6.64. The van der Waals surface area contributed by atoms with Gasteiger partial charge in [-0.15, -0.1) is 6.42 Å². The third-order valence-electron chi connectivity index (χ3n) is 4.64. The zero-order valence-electron chi connectivity index (χ0n) is 15.5. The van der Waals surface area contributed by atoms with Crippen LogP contribution in [0.25, 0.3) is 0 Å². The van der Waals surface area contributed by atoms with Gasteiger partial charge in [-0.05, 0) is 37.5 Å². The van der Waals surface area contributed by atoms with Crippen molar-refractivity contribution in [3.8, 4) is 12.3 Å². The maximum Gasteiger partial charge on any atom is 0.415 e. The van der Waals surface area contributed by atoms with Crippen molar-refractivity contribution in [1.82, 2.24) is 0 Å². The van der Waals surface area contributed by atoms with Crippen molar-refractivity contribution in [3.63, 3.8) is 0 Å². The average Bonchev–Trinajstić information content (AvgIpc) is 2.67. The molecule has 0 spiro atoms. The molecule has 1 saturated carbocycles. The van der Waals surface area contributed by atoms with Gasteiger partial charge in [0.15, 0.2) is 6.61 Å². The largest absolute Gasteiger partial charge is 0.436 e. The van der Waals surface area contributed by atoms with Gasteiger partial charge in [0.05, 0.1) is 0 Å². The van der Waals surface area contributed by atoms with Crippen molar-refractivity contribution in [2.75, 3.05) is 23.4 Å². The monoisotopic (exact) mass is 356 g/mol. The van der Waals surface area contributed by atoms with Gasteiger partial charge in [-0.1, -0.05) is 44.6 Å². The van der Waals surface area contributed by atoms with E-state index in [2.05, 4.69) is 18.2 Å². The van der Waals surface area contributed by atoms with E-state index in [9.17, 15) is 9.59 Å². The van der Waals surface area contributed by atoms with Crippen molar-refractivity contribution in [2.24, 2.45) is 5.92 Å². The molecule has 1 N–H and O–H groups in total. The highest BCUT2D eigenvalue weighted by Crippen LogP contribution is 2.26. The summed E-state index contributed by atoms with van der Waals surface area (Å²) in [7, 11) is 0. The number of ether oxygens (including phenoxy) is 1. The summed E-state index contributed by atoms with van der Waals surface area (Å²) in [4.78, 5) is 26.3. The van der Waals surface area contributed by atoms with Crippen LogP contribution in [0.5, 0.6) is 0 Å². The SMILES string of the molecule is C#CCOC(=O)N(CCCC)c1cccc(NC(=O)C2CCCCC2)c1. The highest BCUT2D eigenvalue weighted by molar-refractivity contribution is 5.94. The Kier molecular flexibility index (Phi) is 8.01. The van der Waals surface area contributed by atoms with E-state index < -0.39 is 6.09 Å². The minimum atomic E-state index is -0.466. The zero-order chi connectivity index (χ0) is 18.8. The predicted octanol–water partition coefficient (Wildman–Crippen LogP) is 4.58. The molecule has 0 bridgehead atoms. The number of amides is 2. The predicted molar refractivity (Wildman–Crippen MR) is 104 cm³/mol. The molecule has 1 fully saturated rings.